The molecule has 0 aliphatic heterocycles. The maximum Gasteiger partial charge on any atom is 0.0220 e. The van der Waals surface area contributed by atoms with E-state index in [-0.39, 0.29) is 0 Å². The Kier molecular flexibility index (Phi) is 4.02. The molecule has 0 amide bonds. The highest BCUT2D eigenvalue weighted by molar-refractivity contribution is 4.81. The Labute approximate surface area is 76.1 Å². The Hall–Kier alpha value is -0.0800. The predicted molar refractivity (Wildman–Crippen MR) is 53.1 cm³/mol. The summed E-state index contributed by atoms with van der Waals surface area (Å²) in [6.45, 7) is 7.56. The predicted octanol–water partition coefficient (Wildman–Crippen LogP) is 1.46. The van der Waals surface area contributed by atoms with Crippen LogP contribution in [0, 0.1) is 5.92 Å². The van der Waals surface area contributed by atoms with Gasteiger partial charge >= 0.3 is 0 Å². The summed E-state index contributed by atoms with van der Waals surface area (Å²) < 4.78 is 0. The van der Waals surface area contributed by atoms with Gasteiger partial charge in [-0.3, -0.25) is 4.90 Å². The van der Waals surface area contributed by atoms with Gasteiger partial charge in [0.2, 0.25) is 0 Å². The van der Waals surface area contributed by atoms with E-state index in [1.807, 2.05) is 0 Å². The first-order valence-corrected chi connectivity index (χ1v) is 5.25. The molecule has 1 unspecified atom stereocenters. The summed E-state index contributed by atoms with van der Waals surface area (Å²) in [5.41, 5.74) is 5.76. The number of hydrogen-bond donors (Lipinski definition) is 1. The number of hydrogen-bond acceptors (Lipinski definition) is 2. The molecule has 1 fully saturated rings. The lowest BCUT2D eigenvalue weighted by molar-refractivity contribution is 0.204. The smallest absolute Gasteiger partial charge is 0.0220 e. The van der Waals surface area contributed by atoms with Gasteiger partial charge in [-0.25, -0.2) is 0 Å². The Morgan fingerprint density at radius 1 is 1.33 bits per heavy atom. The lowest BCUT2D eigenvalue weighted by atomic mass is 10.1. The van der Waals surface area contributed by atoms with Gasteiger partial charge in [0.05, 0.1) is 0 Å². The minimum atomic E-state index is 0.646. The van der Waals surface area contributed by atoms with Crippen LogP contribution in [0.1, 0.15) is 33.1 Å². The normalized spacial score (nSPS) is 20.0. The quantitative estimate of drug-likeness (QED) is 0.654. The number of rotatable bonds is 6. The molecule has 72 valence electrons. The van der Waals surface area contributed by atoms with E-state index in [1.165, 1.54) is 19.3 Å². The van der Waals surface area contributed by atoms with E-state index in [9.17, 15) is 0 Å². The van der Waals surface area contributed by atoms with Crippen LogP contribution in [-0.2, 0) is 0 Å². The van der Waals surface area contributed by atoms with Crippen LogP contribution in [0.2, 0.25) is 0 Å². The molecule has 0 aromatic heterocycles. The second kappa shape index (κ2) is 4.83. The van der Waals surface area contributed by atoms with Crippen molar-refractivity contribution in [3.05, 3.63) is 0 Å². The Bertz CT molecular complexity index is 117. The fraction of sp³-hybridized carbons (Fsp3) is 1.00. The van der Waals surface area contributed by atoms with E-state index in [0.29, 0.717) is 6.04 Å². The van der Waals surface area contributed by atoms with Crippen LogP contribution in [0.15, 0.2) is 0 Å². The Morgan fingerprint density at radius 2 is 1.92 bits per heavy atom. The summed E-state index contributed by atoms with van der Waals surface area (Å²) in [7, 11) is 0. The van der Waals surface area contributed by atoms with Crippen molar-refractivity contribution in [1.29, 1.82) is 0 Å². The maximum atomic E-state index is 5.76. The molecule has 0 bridgehead atoms. The molecule has 2 heteroatoms. The first-order valence-electron chi connectivity index (χ1n) is 5.25. The van der Waals surface area contributed by atoms with Gasteiger partial charge in [-0.15, -0.1) is 0 Å². The molecule has 0 aromatic rings. The van der Waals surface area contributed by atoms with Crippen LogP contribution in [0.5, 0.6) is 0 Å². The Balaban J connectivity index is 2.29. The molecule has 2 nitrogen and oxygen atoms in total. The van der Waals surface area contributed by atoms with Gasteiger partial charge in [-0.05, 0) is 25.4 Å². The zero-order valence-electron chi connectivity index (χ0n) is 8.42. The molecule has 0 radical (unpaired) electrons. The molecule has 0 aromatic carbocycles. The Morgan fingerprint density at radius 3 is 2.25 bits per heavy atom. The van der Waals surface area contributed by atoms with E-state index in [0.717, 1.165) is 25.6 Å². The zero-order valence-corrected chi connectivity index (χ0v) is 8.42. The molecule has 1 aliphatic rings. The summed E-state index contributed by atoms with van der Waals surface area (Å²) in [6.07, 6.45) is 4.22. The highest BCUT2D eigenvalue weighted by atomic mass is 15.2. The van der Waals surface area contributed by atoms with E-state index >= 15 is 0 Å². The van der Waals surface area contributed by atoms with Gasteiger partial charge in [0, 0.05) is 12.6 Å². The molecule has 1 atom stereocenters. The van der Waals surface area contributed by atoms with Crippen molar-refractivity contribution in [2.75, 3.05) is 19.6 Å². The third kappa shape index (κ3) is 2.76. The number of nitrogens with zero attached hydrogens (tertiary/aromatic N) is 1. The first kappa shape index (κ1) is 10.0. The number of likely N-dealkylation sites (N-methyl/N-ethyl adjacent to an activating group) is 1. The van der Waals surface area contributed by atoms with Crippen LogP contribution >= 0.6 is 0 Å². The monoisotopic (exact) mass is 170 g/mol. The molecule has 1 saturated carbocycles. The largest absolute Gasteiger partial charge is 0.329 e. The average molecular weight is 170 g/mol. The molecule has 1 rings (SSSR count). The second-order valence-electron chi connectivity index (χ2n) is 3.79. The van der Waals surface area contributed by atoms with Gasteiger partial charge in [0.25, 0.3) is 0 Å². The summed E-state index contributed by atoms with van der Waals surface area (Å²) in [6, 6.07) is 0.646. The van der Waals surface area contributed by atoms with E-state index < -0.39 is 0 Å². The molecule has 0 heterocycles. The molecule has 2 N–H and O–H groups in total. The fourth-order valence-corrected chi connectivity index (χ4v) is 1.87. The van der Waals surface area contributed by atoms with Crippen molar-refractivity contribution >= 4 is 0 Å². The molecule has 12 heavy (non-hydrogen) atoms. The van der Waals surface area contributed by atoms with Crippen molar-refractivity contribution < 1.29 is 0 Å². The first-order chi connectivity index (χ1) is 5.81. The van der Waals surface area contributed by atoms with Crippen molar-refractivity contribution in [1.82, 2.24) is 4.90 Å². The van der Waals surface area contributed by atoms with Gasteiger partial charge in [0.15, 0.2) is 0 Å². The zero-order chi connectivity index (χ0) is 8.97. The molecule has 1 aliphatic carbocycles. The van der Waals surface area contributed by atoms with Gasteiger partial charge in [0.1, 0.15) is 0 Å². The van der Waals surface area contributed by atoms with Gasteiger partial charge in [-0.2, -0.15) is 0 Å². The summed E-state index contributed by atoms with van der Waals surface area (Å²) in [4.78, 5) is 2.48. The summed E-state index contributed by atoms with van der Waals surface area (Å²) in [5, 5.41) is 0. The highest BCUT2D eigenvalue weighted by Gasteiger charge is 2.26. The van der Waals surface area contributed by atoms with Crippen LogP contribution < -0.4 is 5.73 Å². The minimum absolute atomic E-state index is 0.646. The SMILES string of the molecule is CCN(CC)C(CN)CC1CC1. The van der Waals surface area contributed by atoms with E-state index in [1.54, 1.807) is 0 Å². The molecular weight excluding hydrogens is 148 g/mol. The topological polar surface area (TPSA) is 29.3 Å². The molecule has 0 spiro atoms. The van der Waals surface area contributed by atoms with Gasteiger partial charge < -0.3 is 5.73 Å². The van der Waals surface area contributed by atoms with Crippen molar-refractivity contribution in [2.24, 2.45) is 11.7 Å². The van der Waals surface area contributed by atoms with Crippen molar-refractivity contribution in [3.8, 4) is 0 Å². The van der Waals surface area contributed by atoms with Crippen LogP contribution in [0.4, 0.5) is 0 Å². The summed E-state index contributed by atoms with van der Waals surface area (Å²) >= 11 is 0. The third-order valence-electron chi connectivity index (χ3n) is 2.90. The van der Waals surface area contributed by atoms with Crippen molar-refractivity contribution in [3.63, 3.8) is 0 Å². The van der Waals surface area contributed by atoms with Crippen LogP contribution in [0.3, 0.4) is 0 Å². The van der Waals surface area contributed by atoms with Crippen molar-refractivity contribution in [2.45, 2.75) is 39.2 Å². The lowest BCUT2D eigenvalue weighted by Gasteiger charge is -2.28. The average Bonchev–Trinajstić information content (AvgIpc) is 2.88. The van der Waals surface area contributed by atoms with Gasteiger partial charge in [-0.1, -0.05) is 26.7 Å². The van der Waals surface area contributed by atoms with Crippen LogP contribution in [0.25, 0.3) is 0 Å². The second-order valence-corrected chi connectivity index (χ2v) is 3.79. The van der Waals surface area contributed by atoms with E-state index in [4.69, 9.17) is 5.73 Å². The fourth-order valence-electron chi connectivity index (χ4n) is 1.87. The highest BCUT2D eigenvalue weighted by Crippen LogP contribution is 2.34. The maximum absolute atomic E-state index is 5.76. The molecule has 0 saturated heterocycles. The van der Waals surface area contributed by atoms with Crippen LogP contribution in [-0.4, -0.2) is 30.6 Å². The van der Waals surface area contributed by atoms with E-state index in [2.05, 4.69) is 18.7 Å². The minimum Gasteiger partial charge on any atom is -0.329 e. The standard InChI is InChI=1S/C10H22N2/c1-3-12(4-2)10(8-11)7-9-5-6-9/h9-10H,3-8,11H2,1-2H3. The number of nitrogens with two attached hydrogens (primary N) is 1. The summed E-state index contributed by atoms with van der Waals surface area (Å²) in [5.74, 6) is 0.999. The lowest BCUT2D eigenvalue weighted by Crippen LogP contribution is -2.40. The third-order valence-corrected chi connectivity index (χ3v) is 2.90. The molecular formula is C10H22N2.